The van der Waals surface area contributed by atoms with Crippen molar-refractivity contribution >= 4 is 11.6 Å². The van der Waals surface area contributed by atoms with Crippen molar-refractivity contribution in [2.45, 2.75) is 13.0 Å². The Hall–Kier alpha value is -0.730. The van der Waals surface area contributed by atoms with Crippen LogP contribution >= 0.6 is 11.6 Å². The fourth-order valence-corrected chi connectivity index (χ4v) is 1.20. The SMILES string of the molecule is COc1cc(Cl)cc([C@@H](C)N)c1. The Bertz CT molecular complexity index is 273. The number of ether oxygens (including phenoxy) is 1. The minimum Gasteiger partial charge on any atom is -0.497 e. The van der Waals surface area contributed by atoms with Crippen LogP contribution in [0.3, 0.4) is 0 Å². The monoisotopic (exact) mass is 185 g/mol. The topological polar surface area (TPSA) is 35.2 Å². The van der Waals surface area contributed by atoms with E-state index in [-0.39, 0.29) is 6.04 Å². The maximum atomic E-state index is 5.84. The van der Waals surface area contributed by atoms with E-state index in [2.05, 4.69) is 0 Å². The van der Waals surface area contributed by atoms with E-state index in [1.807, 2.05) is 19.1 Å². The van der Waals surface area contributed by atoms with Gasteiger partial charge in [0.25, 0.3) is 0 Å². The Morgan fingerprint density at radius 1 is 1.42 bits per heavy atom. The summed E-state index contributed by atoms with van der Waals surface area (Å²) in [6.45, 7) is 1.91. The lowest BCUT2D eigenvalue weighted by atomic mass is 10.1. The zero-order valence-electron chi connectivity index (χ0n) is 7.17. The van der Waals surface area contributed by atoms with Gasteiger partial charge in [-0.2, -0.15) is 0 Å². The number of rotatable bonds is 2. The number of nitrogens with two attached hydrogens (primary N) is 1. The third kappa shape index (κ3) is 2.13. The third-order valence-corrected chi connectivity index (χ3v) is 1.87. The zero-order chi connectivity index (χ0) is 9.14. The molecule has 0 aliphatic heterocycles. The van der Waals surface area contributed by atoms with Gasteiger partial charge < -0.3 is 10.5 Å². The molecule has 3 heteroatoms. The Balaban J connectivity index is 3.06. The van der Waals surface area contributed by atoms with Crippen LogP contribution in [0.4, 0.5) is 0 Å². The Morgan fingerprint density at radius 2 is 2.08 bits per heavy atom. The maximum Gasteiger partial charge on any atom is 0.120 e. The fraction of sp³-hybridized carbons (Fsp3) is 0.333. The summed E-state index contributed by atoms with van der Waals surface area (Å²) in [5.41, 5.74) is 6.68. The molecule has 0 amide bonds. The molecule has 0 aromatic heterocycles. The summed E-state index contributed by atoms with van der Waals surface area (Å²) in [6, 6.07) is 5.47. The van der Waals surface area contributed by atoms with E-state index in [0.29, 0.717) is 5.02 Å². The minimum absolute atomic E-state index is 0.0161. The summed E-state index contributed by atoms with van der Waals surface area (Å²) in [7, 11) is 1.61. The van der Waals surface area contributed by atoms with Crippen LogP contribution in [-0.2, 0) is 0 Å². The van der Waals surface area contributed by atoms with Crippen molar-refractivity contribution in [2.75, 3.05) is 7.11 Å². The molecule has 0 aliphatic rings. The molecule has 12 heavy (non-hydrogen) atoms. The highest BCUT2D eigenvalue weighted by Gasteiger charge is 2.02. The van der Waals surface area contributed by atoms with Crippen LogP contribution in [0, 0.1) is 0 Å². The van der Waals surface area contributed by atoms with Crippen LogP contribution < -0.4 is 10.5 Å². The highest BCUT2D eigenvalue weighted by molar-refractivity contribution is 6.30. The molecule has 2 nitrogen and oxygen atoms in total. The summed E-state index contributed by atoms with van der Waals surface area (Å²) in [6.07, 6.45) is 0. The van der Waals surface area contributed by atoms with Crippen LogP contribution in [0.2, 0.25) is 5.02 Å². The van der Waals surface area contributed by atoms with Crippen LogP contribution in [0.15, 0.2) is 18.2 Å². The van der Waals surface area contributed by atoms with Crippen molar-refractivity contribution in [1.82, 2.24) is 0 Å². The predicted octanol–water partition coefficient (Wildman–Crippen LogP) is 2.37. The number of benzene rings is 1. The van der Waals surface area contributed by atoms with Gasteiger partial charge in [-0.1, -0.05) is 11.6 Å². The smallest absolute Gasteiger partial charge is 0.120 e. The predicted molar refractivity (Wildman–Crippen MR) is 50.6 cm³/mol. The summed E-state index contributed by atoms with van der Waals surface area (Å²) >= 11 is 5.84. The summed E-state index contributed by atoms with van der Waals surface area (Å²) < 4.78 is 5.05. The van der Waals surface area contributed by atoms with Crippen molar-refractivity contribution in [3.05, 3.63) is 28.8 Å². The molecule has 1 atom stereocenters. The molecule has 0 fully saturated rings. The van der Waals surface area contributed by atoms with E-state index < -0.39 is 0 Å². The van der Waals surface area contributed by atoms with E-state index >= 15 is 0 Å². The molecular formula is C9H12ClNO. The van der Waals surface area contributed by atoms with E-state index in [9.17, 15) is 0 Å². The van der Waals surface area contributed by atoms with Gasteiger partial charge >= 0.3 is 0 Å². The lowest BCUT2D eigenvalue weighted by Crippen LogP contribution is -2.04. The van der Waals surface area contributed by atoms with Gasteiger partial charge in [-0.15, -0.1) is 0 Å². The Kier molecular flexibility index (Phi) is 2.95. The third-order valence-electron chi connectivity index (χ3n) is 1.66. The Labute approximate surface area is 77.3 Å². The second-order valence-electron chi connectivity index (χ2n) is 2.71. The van der Waals surface area contributed by atoms with Gasteiger partial charge in [0.05, 0.1) is 7.11 Å². The van der Waals surface area contributed by atoms with Gasteiger partial charge in [-0.25, -0.2) is 0 Å². The molecule has 0 spiro atoms. The molecule has 0 unspecified atom stereocenters. The first kappa shape index (κ1) is 9.36. The molecule has 66 valence electrons. The second-order valence-corrected chi connectivity index (χ2v) is 3.15. The van der Waals surface area contributed by atoms with Gasteiger partial charge in [-0.05, 0) is 30.7 Å². The molecule has 0 aliphatic carbocycles. The highest BCUT2D eigenvalue weighted by atomic mass is 35.5. The van der Waals surface area contributed by atoms with Crippen LogP contribution in [0.5, 0.6) is 5.75 Å². The fourth-order valence-electron chi connectivity index (χ4n) is 0.965. The molecule has 0 radical (unpaired) electrons. The van der Waals surface area contributed by atoms with E-state index in [1.165, 1.54) is 0 Å². The van der Waals surface area contributed by atoms with E-state index in [4.69, 9.17) is 22.1 Å². The van der Waals surface area contributed by atoms with E-state index in [1.54, 1.807) is 13.2 Å². The molecule has 0 heterocycles. The highest BCUT2D eigenvalue weighted by Crippen LogP contribution is 2.23. The zero-order valence-corrected chi connectivity index (χ0v) is 7.93. The summed E-state index contributed by atoms with van der Waals surface area (Å²) in [5.74, 6) is 0.745. The molecule has 0 saturated heterocycles. The Morgan fingerprint density at radius 3 is 2.58 bits per heavy atom. The molecule has 2 N–H and O–H groups in total. The number of methoxy groups -OCH3 is 1. The van der Waals surface area contributed by atoms with Crippen molar-refractivity contribution < 1.29 is 4.74 Å². The first-order valence-electron chi connectivity index (χ1n) is 3.73. The number of halogens is 1. The van der Waals surface area contributed by atoms with Gasteiger partial charge in [0.1, 0.15) is 5.75 Å². The first-order chi connectivity index (χ1) is 5.63. The van der Waals surface area contributed by atoms with Gasteiger partial charge in [0.15, 0.2) is 0 Å². The van der Waals surface area contributed by atoms with Crippen LogP contribution in [0.1, 0.15) is 18.5 Å². The molecule has 0 bridgehead atoms. The van der Waals surface area contributed by atoms with Crippen molar-refractivity contribution in [3.63, 3.8) is 0 Å². The second kappa shape index (κ2) is 3.78. The van der Waals surface area contributed by atoms with Gasteiger partial charge in [-0.3, -0.25) is 0 Å². The lowest BCUT2D eigenvalue weighted by molar-refractivity contribution is 0.414. The maximum absolute atomic E-state index is 5.84. The van der Waals surface area contributed by atoms with Crippen molar-refractivity contribution in [2.24, 2.45) is 5.73 Å². The average molecular weight is 186 g/mol. The van der Waals surface area contributed by atoms with Gasteiger partial charge in [0.2, 0.25) is 0 Å². The van der Waals surface area contributed by atoms with Crippen molar-refractivity contribution in [3.8, 4) is 5.75 Å². The normalized spacial score (nSPS) is 12.7. The van der Waals surface area contributed by atoms with Crippen LogP contribution in [0.25, 0.3) is 0 Å². The minimum atomic E-state index is -0.0161. The standard InChI is InChI=1S/C9H12ClNO/c1-6(11)7-3-8(10)5-9(4-7)12-2/h3-6H,11H2,1-2H3/t6-/m1/s1. The van der Waals surface area contributed by atoms with Crippen molar-refractivity contribution in [1.29, 1.82) is 0 Å². The largest absolute Gasteiger partial charge is 0.497 e. The average Bonchev–Trinajstić information content (AvgIpc) is 2.03. The quantitative estimate of drug-likeness (QED) is 0.768. The van der Waals surface area contributed by atoms with E-state index in [0.717, 1.165) is 11.3 Å². The number of hydrogen-bond donors (Lipinski definition) is 1. The molecule has 1 aromatic carbocycles. The van der Waals surface area contributed by atoms with Crippen LogP contribution in [-0.4, -0.2) is 7.11 Å². The van der Waals surface area contributed by atoms with Gasteiger partial charge in [0, 0.05) is 11.1 Å². The lowest BCUT2D eigenvalue weighted by Gasteiger charge is -2.08. The molecule has 0 saturated carbocycles. The number of hydrogen-bond acceptors (Lipinski definition) is 2. The molecular weight excluding hydrogens is 174 g/mol. The molecule has 1 aromatic rings. The first-order valence-corrected chi connectivity index (χ1v) is 4.11. The molecule has 1 rings (SSSR count). The summed E-state index contributed by atoms with van der Waals surface area (Å²) in [5, 5.41) is 0.654. The summed E-state index contributed by atoms with van der Waals surface area (Å²) in [4.78, 5) is 0.